The third-order valence-electron chi connectivity index (χ3n) is 3.80. The highest BCUT2D eigenvalue weighted by molar-refractivity contribution is 7.99. The fourth-order valence-electron chi connectivity index (χ4n) is 2.52. The third kappa shape index (κ3) is 3.98. The van der Waals surface area contributed by atoms with Gasteiger partial charge >= 0.3 is 0 Å². The molecule has 3 aromatic heterocycles. The van der Waals surface area contributed by atoms with Crippen molar-refractivity contribution in [3.8, 4) is 0 Å². The minimum atomic E-state index is -0.225. The van der Waals surface area contributed by atoms with Crippen molar-refractivity contribution in [1.82, 2.24) is 34.1 Å². The predicted octanol–water partition coefficient (Wildman–Crippen LogP) is 1.16. The summed E-state index contributed by atoms with van der Waals surface area (Å²) >= 11 is 1.55. The molecule has 9 heteroatoms. The van der Waals surface area contributed by atoms with Crippen LogP contribution in [0, 0.1) is 6.92 Å². The van der Waals surface area contributed by atoms with Crippen LogP contribution in [-0.4, -0.2) is 39.8 Å². The molecule has 0 radical (unpaired) electrons. The van der Waals surface area contributed by atoms with E-state index in [9.17, 15) is 4.79 Å². The first-order valence-electron chi connectivity index (χ1n) is 8.03. The van der Waals surface area contributed by atoms with Crippen molar-refractivity contribution in [1.29, 1.82) is 0 Å². The first-order valence-corrected chi connectivity index (χ1v) is 9.02. The van der Waals surface area contributed by atoms with Crippen LogP contribution in [0.25, 0.3) is 0 Å². The van der Waals surface area contributed by atoms with Crippen molar-refractivity contribution in [3.63, 3.8) is 0 Å². The van der Waals surface area contributed by atoms with E-state index in [1.807, 2.05) is 42.4 Å². The summed E-state index contributed by atoms with van der Waals surface area (Å²) in [4.78, 5) is 20.8. The van der Waals surface area contributed by atoms with Crippen molar-refractivity contribution in [2.45, 2.75) is 32.0 Å². The van der Waals surface area contributed by atoms with Crippen LogP contribution >= 0.6 is 11.8 Å². The molecule has 0 unspecified atom stereocenters. The van der Waals surface area contributed by atoms with Crippen molar-refractivity contribution < 1.29 is 0 Å². The fraction of sp³-hybridized carbons (Fsp3) is 0.438. The zero-order valence-corrected chi connectivity index (χ0v) is 15.6. The molecule has 0 saturated heterocycles. The van der Waals surface area contributed by atoms with Crippen LogP contribution in [0.5, 0.6) is 0 Å². The maximum atomic E-state index is 12.4. The summed E-state index contributed by atoms with van der Waals surface area (Å²) in [7, 11) is 3.72. The Hall–Kier alpha value is -2.42. The van der Waals surface area contributed by atoms with E-state index in [-0.39, 0.29) is 5.56 Å². The highest BCUT2D eigenvalue weighted by atomic mass is 32.2. The lowest BCUT2D eigenvalue weighted by atomic mass is 10.2. The topological polar surface area (TPSA) is 83.4 Å². The molecule has 0 aliphatic rings. The maximum Gasteiger partial charge on any atom is 0.277 e. The molecule has 0 aliphatic carbocycles. The lowest BCUT2D eigenvalue weighted by Crippen LogP contribution is -2.20. The average Bonchev–Trinajstić information content (AvgIpc) is 3.10. The van der Waals surface area contributed by atoms with Gasteiger partial charge in [-0.2, -0.15) is 15.2 Å². The van der Waals surface area contributed by atoms with E-state index in [1.165, 1.54) is 0 Å². The lowest BCUT2D eigenvalue weighted by Gasteiger charge is -2.11. The van der Waals surface area contributed by atoms with Crippen LogP contribution in [0.3, 0.4) is 0 Å². The minimum absolute atomic E-state index is 0.225. The third-order valence-corrected chi connectivity index (χ3v) is 4.67. The van der Waals surface area contributed by atoms with E-state index < -0.39 is 0 Å². The summed E-state index contributed by atoms with van der Waals surface area (Å²) in [5.74, 6) is 1.45. The van der Waals surface area contributed by atoms with Crippen LogP contribution in [0.1, 0.15) is 29.7 Å². The largest absolute Gasteiger partial charge is 0.321 e. The van der Waals surface area contributed by atoms with Gasteiger partial charge in [0, 0.05) is 38.0 Å². The summed E-state index contributed by atoms with van der Waals surface area (Å²) in [6.07, 6.45) is 3.85. The van der Waals surface area contributed by atoms with Gasteiger partial charge in [0.05, 0.1) is 12.2 Å². The molecule has 3 aromatic rings. The highest BCUT2D eigenvalue weighted by Gasteiger charge is 2.13. The normalized spacial score (nSPS) is 11.2. The molecular weight excluding hydrogens is 338 g/mol. The molecule has 0 spiro atoms. The molecule has 0 amide bonds. The number of rotatable bonds is 6. The molecule has 132 valence electrons. The van der Waals surface area contributed by atoms with Crippen LogP contribution < -0.4 is 5.56 Å². The van der Waals surface area contributed by atoms with E-state index in [2.05, 4.69) is 20.2 Å². The summed E-state index contributed by atoms with van der Waals surface area (Å²) < 4.78 is 5.45. The van der Waals surface area contributed by atoms with Gasteiger partial charge in [-0.1, -0.05) is 18.7 Å². The SMILES string of the molecule is CCSc1nc(=O)c(Cc2ncn(C)n2)cn1Cc1cc(C)n(C)n1. The van der Waals surface area contributed by atoms with Crippen molar-refractivity contribution in [3.05, 3.63) is 51.7 Å². The van der Waals surface area contributed by atoms with Crippen molar-refractivity contribution >= 4 is 11.8 Å². The van der Waals surface area contributed by atoms with Gasteiger partial charge in [-0.3, -0.25) is 14.2 Å². The van der Waals surface area contributed by atoms with Crippen LogP contribution in [0.15, 0.2) is 28.5 Å². The second-order valence-corrected chi connectivity index (χ2v) is 7.06. The Morgan fingerprint density at radius 2 is 2.04 bits per heavy atom. The Labute approximate surface area is 149 Å². The average molecular weight is 359 g/mol. The van der Waals surface area contributed by atoms with Gasteiger partial charge in [0.15, 0.2) is 11.0 Å². The molecule has 25 heavy (non-hydrogen) atoms. The number of nitrogens with zero attached hydrogens (tertiary/aromatic N) is 7. The number of thioether (sulfide) groups is 1. The first-order chi connectivity index (χ1) is 12.0. The zero-order chi connectivity index (χ0) is 18.0. The fourth-order valence-corrected chi connectivity index (χ4v) is 3.21. The number of aromatic nitrogens is 7. The second kappa shape index (κ2) is 7.22. The number of hydrogen-bond acceptors (Lipinski definition) is 6. The van der Waals surface area contributed by atoms with E-state index in [0.717, 1.165) is 17.1 Å². The minimum Gasteiger partial charge on any atom is -0.321 e. The number of aryl methyl sites for hydroxylation is 3. The van der Waals surface area contributed by atoms with E-state index >= 15 is 0 Å². The smallest absolute Gasteiger partial charge is 0.277 e. The Bertz CT molecular complexity index is 921. The maximum absolute atomic E-state index is 12.4. The molecule has 0 N–H and O–H groups in total. The van der Waals surface area contributed by atoms with Gasteiger partial charge in [-0.25, -0.2) is 4.98 Å². The van der Waals surface area contributed by atoms with E-state index in [1.54, 1.807) is 29.8 Å². The van der Waals surface area contributed by atoms with Gasteiger partial charge in [-0.05, 0) is 18.7 Å². The van der Waals surface area contributed by atoms with Gasteiger partial charge in [0.2, 0.25) is 0 Å². The first kappa shape index (κ1) is 17.4. The molecule has 0 fully saturated rings. The van der Waals surface area contributed by atoms with Gasteiger partial charge in [0.25, 0.3) is 5.56 Å². The van der Waals surface area contributed by atoms with Crippen molar-refractivity contribution in [2.75, 3.05) is 5.75 Å². The Kier molecular flexibility index (Phi) is 5.03. The molecule has 0 saturated carbocycles. The molecule has 3 rings (SSSR count). The van der Waals surface area contributed by atoms with Crippen molar-refractivity contribution in [2.24, 2.45) is 14.1 Å². The lowest BCUT2D eigenvalue weighted by molar-refractivity contribution is 0.625. The summed E-state index contributed by atoms with van der Waals surface area (Å²) in [5, 5.41) is 9.44. The highest BCUT2D eigenvalue weighted by Crippen LogP contribution is 2.16. The molecule has 8 nitrogen and oxygen atoms in total. The molecule has 0 atom stereocenters. The monoisotopic (exact) mass is 359 g/mol. The zero-order valence-electron chi connectivity index (χ0n) is 14.8. The molecular formula is C16H21N7OS. The van der Waals surface area contributed by atoms with E-state index in [0.29, 0.717) is 29.5 Å². The molecule has 0 aliphatic heterocycles. The Morgan fingerprint density at radius 3 is 2.64 bits per heavy atom. The quantitative estimate of drug-likeness (QED) is 0.485. The predicted molar refractivity (Wildman–Crippen MR) is 95.8 cm³/mol. The summed E-state index contributed by atoms with van der Waals surface area (Å²) in [6.45, 7) is 4.62. The summed E-state index contributed by atoms with van der Waals surface area (Å²) in [6, 6.07) is 2.04. The number of hydrogen-bond donors (Lipinski definition) is 0. The van der Waals surface area contributed by atoms with Gasteiger partial charge < -0.3 is 4.57 Å². The molecule has 3 heterocycles. The molecule has 0 aromatic carbocycles. The second-order valence-electron chi connectivity index (χ2n) is 5.83. The van der Waals surface area contributed by atoms with Gasteiger partial charge in [0.1, 0.15) is 6.33 Å². The van der Waals surface area contributed by atoms with Crippen LogP contribution in [0.4, 0.5) is 0 Å². The Balaban J connectivity index is 1.95. The molecule has 0 bridgehead atoms. The standard InChI is InChI=1S/C16H21N7OS/c1-5-25-16-18-15(24)12(7-14-17-10-21(3)20-14)8-23(16)9-13-6-11(2)22(4)19-13/h6,8,10H,5,7,9H2,1-4H3. The van der Waals surface area contributed by atoms with E-state index in [4.69, 9.17) is 0 Å². The van der Waals surface area contributed by atoms with Crippen LogP contribution in [0.2, 0.25) is 0 Å². The Morgan fingerprint density at radius 1 is 1.24 bits per heavy atom. The van der Waals surface area contributed by atoms with Gasteiger partial charge in [-0.15, -0.1) is 0 Å². The van der Waals surface area contributed by atoms with Crippen LogP contribution in [-0.2, 0) is 27.1 Å². The summed E-state index contributed by atoms with van der Waals surface area (Å²) in [5.41, 5.74) is 2.38.